The molecule has 1 aromatic heterocycles. The molecule has 4 heteroatoms. The summed E-state index contributed by atoms with van der Waals surface area (Å²) in [6, 6.07) is 7.94. The number of aromatic nitrogens is 2. The normalized spacial score (nSPS) is 10.3. The minimum absolute atomic E-state index is 0.707. The quantitative estimate of drug-likeness (QED) is 0.833. The Hall–Kier alpha value is -2.10. The average Bonchev–Trinajstić information content (AvgIpc) is 2.51. The van der Waals surface area contributed by atoms with Crippen LogP contribution in [0.3, 0.4) is 0 Å². The zero-order valence-electron chi connectivity index (χ0n) is 12.1. The predicted molar refractivity (Wildman–Crippen MR) is 82.0 cm³/mol. The van der Waals surface area contributed by atoms with Gasteiger partial charge < -0.3 is 10.1 Å². The molecule has 20 heavy (non-hydrogen) atoms. The van der Waals surface area contributed by atoms with Gasteiger partial charge in [-0.15, -0.1) is 0 Å². The van der Waals surface area contributed by atoms with E-state index in [0.717, 1.165) is 42.2 Å². The van der Waals surface area contributed by atoms with E-state index in [9.17, 15) is 0 Å². The van der Waals surface area contributed by atoms with Crippen LogP contribution < -0.4 is 10.1 Å². The standard InChI is InChI=1S/C16H21N3O/c1-3-9-18-16-12-17-11-14(19-16)13-7-5-6-8-15(13)20-10-4-2/h5-8,11-12H,3-4,9-10H2,1-2H3,(H,18,19). The van der Waals surface area contributed by atoms with E-state index < -0.39 is 0 Å². The summed E-state index contributed by atoms with van der Waals surface area (Å²) in [7, 11) is 0. The van der Waals surface area contributed by atoms with Crippen LogP contribution in [0.2, 0.25) is 0 Å². The molecule has 0 aliphatic carbocycles. The van der Waals surface area contributed by atoms with Gasteiger partial charge in [0.2, 0.25) is 0 Å². The molecule has 0 unspecified atom stereocenters. The van der Waals surface area contributed by atoms with Gasteiger partial charge in [-0.2, -0.15) is 0 Å². The SMILES string of the molecule is CCCNc1cncc(-c2ccccc2OCCC)n1. The maximum absolute atomic E-state index is 5.77. The number of rotatable bonds is 7. The number of benzene rings is 1. The topological polar surface area (TPSA) is 47.0 Å². The summed E-state index contributed by atoms with van der Waals surface area (Å²) in [6.07, 6.45) is 5.56. The summed E-state index contributed by atoms with van der Waals surface area (Å²) in [5, 5.41) is 3.25. The van der Waals surface area contributed by atoms with Crippen LogP contribution in [-0.4, -0.2) is 23.1 Å². The van der Waals surface area contributed by atoms with Crippen molar-refractivity contribution in [3.05, 3.63) is 36.7 Å². The van der Waals surface area contributed by atoms with E-state index in [1.807, 2.05) is 24.3 Å². The van der Waals surface area contributed by atoms with Crippen LogP contribution >= 0.6 is 0 Å². The average molecular weight is 271 g/mol. The Morgan fingerprint density at radius 1 is 1.10 bits per heavy atom. The van der Waals surface area contributed by atoms with Gasteiger partial charge in [-0.25, -0.2) is 4.98 Å². The largest absolute Gasteiger partial charge is 0.493 e. The molecule has 1 heterocycles. The number of hydrogen-bond acceptors (Lipinski definition) is 4. The molecule has 106 valence electrons. The van der Waals surface area contributed by atoms with Crippen LogP contribution in [-0.2, 0) is 0 Å². The van der Waals surface area contributed by atoms with Gasteiger partial charge in [0.1, 0.15) is 11.6 Å². The van der Waals surface area contributed by atoms with E-state index in [-0.39, 0.29) is 0 Å². The molecule has 0 saturated heterocycles. The van der Waals surface area contributed by atoms with Crippen molar-refractivity contribution in [2.75, 3.05) is 18.5 Å². The zero-order chi connectivity index (χ0) is 14.2. The Morgan fingerprint density at radius 3 is 2.75 bits per heavy atom. The molecule has 2 rings (SSSR count). The molecular weight excluding hydrogens is 250 g/mol. The minimum Gasteiger partial charge on any atom is -0.493 e. The summed E-state index contributed by atoms with van der Waals surface area (Å²) < 4.78 is 5.77. The highest BCUT2D eigenvalue weighted by Crippen LogP contribution is 2.28. The second-order valence-electron chi connectivity index (χ2n) is 4.56. The highest BCUT2D eigenvalue weighted by Gasteiger charge is 2.08. The molecule has 0 radical (unpaired) electrons. The Morgan fingerprint density at radius 2 is 1.95 bits per heavy atom. The zero-order valence-corrected chi connectivity index (χ0v) is 12.1. The van der Waals surface area contributed by atoms with Crippen molar-refractivity contribution < 1.29 is 4.74 Å². The third-order valence-corrected chi connectivity index (χ3v) is 2.82. The van der Waals surface area contributed by atoms with Gasteiger partial charge in [-0.05, 0) is 25.0 Å². The van der Waals surface area contributed by atoms with Gasteiger partial charge >= 0.3 is 0 Å². The molecule has 0 bridgehead atoms. The fourth-order valence-corrected chi connectivity index (χ4v) is 1.85. The molecule has 4 nitrogen and oxygen atoms in total. The predicted octanol–water partition coefficient (Wildman–Crippen LogP) is 3.75. The van der Waals surface area contributed by atoms with Crippen molar-refractivity contribution in [3.63, 3.8) is 0 Å². The van der Waals surface area contributed by atoms with Crippen LogP contribution in [0.1, 0.15) is 26.7 Å². The third-order valence-electron chi connectivity index (χ3n) is 2.82. The molecule has 1 N–H and O–H groups in total. The van der Waals surface area contributed by atoms with Gasteiger partial charge in [0, 0.05) is 12.1 Å². The number of anilines is 1. The van der Waals surface area contributed by atoms with Crippen molar-refractivity contribution >= 4 is 5.82 Å². The van der Waals surface area contributed by atoms with Gasteiger partial charge in [0.25, 0.3) is 0 Å². The van der Waals surface area contributed by atoms with Crippen molar-refractivity contribution in [2.45, 2.75) is 26.7 Å². The van der Waals surface area contributed by atoms with Crippen molar-refractivity contribution in [3.8, 4) is 17.0 Å². The third kappa shape index (κ3) is 3.70. The maximum atomic E-state index is 5.77. The Labute approximate surface area is 120 Å². The van der Waals surface area contributed by atoms with E-state index in [4.69, 9.17) is 4.74 Å². The van der Waals surface area contributed by atoms with Gasteiger partial charge in [0.05, 0.1) is 24.7 Å². The van der Waals surface area contributed by atoms with E-state index in [2.05, 4.69) is 29.1 Å². The molecular formula is C16H21N3O. The molecule has 0 spiro atoms. The first-order chi connectivity index (χ1) is 9.85. The smallest absolute Gasteiger partial charge is 0.145 e. The van der Waals surface area contributed by atoms with Crippen LogP contribution in [0.15, 0.2) is 36.7 Å². The fraction of sp³-hybridized carbons (Fsp3) is 0.375. The molecule has 0 amide bonds. The molecule has 0 saturated carbocycles. The highest BCUT2D eigenvalue weighted by molar-refractivity contribution is 5.67. The fourth-order valence-electron chi connectivity index (χ4n) is 1.85. The first-order valence-electron chi connectivity index (χ1n) is 7.13. The van der Waals surface area contributed by atoms with E-state index in [0.29, 0.717) is 6.61 Å². The highest BCUT2D eigenvalue weighted by atomic mass is 16.5. The summed E-state index contributed by atoms with van der Waals surface area (Å²) >= 11 is 0. The van der Waals surface area contributed by atoms with Crippen molar-refractivity contribution in [2.24, 2.45) is 0 Å². The molecule has 0 atom stereocenters. The van der Waals surface area contributed by atoms with E-state index >= 15 is 0 Å². The number of ether oxygens (including phenoxy) is 1. The number of nitrogens with one attached hydrogen (secondary N) is 1. The number of hydrogen-bond donors (Lipinski definition) is 1. The second-order valence-corrected chi connectivity index (χ2v) is 4.56. The molecule has 0 fully saturated rings. The number of nitrogens with zero attached hydrogens (tertiary/aromatic N) is 2. The lowest BCUT2D eigenvalue weighted by molar-refractivity contribution is 0.318. The van der Waals surface area contributed by atoms with Gasteiger partial charge in [0.15, 0.2) is 0 Å². The van der Waals surface area contributed by atoms with E-state index in [1.54, 1.807) is 12.4 Å². The molecule has 2 aromatic rings. The van der Waals surface area contributed by atoms with Crippen molar-refractivity contribution in [1.82, 2.24) is 9.97 Å². The molecule has 1 aromatic carbocycles. The Balaban J connectivity index is 2.26. The van der Waals surface area contributed by atoms with Crippen molar-refractivity contribution in [1.29, 1.82) is 0 Å². The summed E-state index contributed by atoms with van der Waals surface area (Å²) in [6.45, 7) is 5.82. The maximum Gasteiger partial charge on any atom is 0.145 e. The summed E-state index contributed by atoms with van der Waals surface area (Å²) in [4.78, 5) is 8.85. The lowest BCUT2D eigenvalue weighted by Gasteiger charge is -2.11. The van der Waals surface area contributed by atoms with Crippen LogP contribution in [0.5, 0.6) is 5.75 Å². The Kier molecular flexibility index (Phi) is 5.35. The second kappa shape index (κ2) is 7.48. The Bertz CT molecular complexity index is 543. The summed E-state index contributed by atoms with van der Waals surface area (Å²) in [5.41, 5.74) is 1.81. The minimum atomic E-state index is 0.707. The monoisotopic (exact) mass is 271 g/mol. The lowest BCUT2D eigenvalue weighted by atomic mass is 10.1. The lowest BCUT2D eigenvalue weighted by Crippen LogP contribution is -2.03. The summed E-state index contributed by atoms with van der Waals surface area (Å²) in [5.74, 6) is 1.66. The van der Waals surface area contributed by atoms with Crippen LogP contribution in [0, 0.1) is 0 Å². The number of para-hydroxylation sites is 1. The van der Waals surface area contributed by atoms with E-state index in [1.165, 1.54) is 0 Å². The first kappa shape index (κ1) is 14.3. The van der Waals surface area contributed by atoms with Crippen LogP contribution in [0.4, 0.5) is 5.82 Å². The first-order valence-corrected chi connectivity index (χ1v) is 7.13. The van der Waals surface area contributed by atoms with Gasteiger partial charge in [-0.3, -0.25) is 4.98 Å². The van der Waals surface area contributed by atoms with Crippen LogP contribution in [0.25, 0.3) is 11.3 Å². The van der Waals surface area contributed by atoms with Gasteiger partial charge in [-0.1, -0.05) is 26.0 Å². The molecule has 0 aliphatic heterocycles. The molecule has 0 aliphatic rings.